The van der Waals surface area contributed by atoms with Gasteiger partial charge in [0.05, 0.1) is 5.75 Å². The van der Waals surface area contributed by atoms with Gasteiger partial charge in [-0.15, -0.1) is 0 Å². The number of aryl methyl sites for hydroxylation is 1. The third-order valence-electron chi connectivity index (χ3n) is 4.01. The third-order valence-corrected chi connectivity index (χ3v) is 5.30. The van der Waals surface area contributed by atoms with Crippen molar-refractivity contribution in [2.75, 3.05) is 17.0 Å². The van der Waals surface area contributed by atoms with Crippen LogP contribution in [0.5, 0.6) is 0 Å². The van der Waals surface area contributed by atoms with Gasteiger partial charge in [-0.2, -0.15) is 0 Å². The first-order valence-electron chi connectivity index (χ1n) is 8.89. The van der Waals surface area contributed by atoms with Gasteiger partial charge in [-0.05, 0) is 36.1 Å². The summed E-state index contributed by atoms with van der Waals surface area (Å²) in [6, 6.07) is 16.7. The molecule has 0 spiro atoms. The number of amides is 1. The van der Waals surface area contributed by atoms with E-state index in [0.717, 1.165) is 16.7 Å². The number of carbonyl (C=O) groups is 1. The molecule has 0 saturated heterocycles. The molecular formula is C21H26N2O3S. The first-order chi connectivity index (χ1) is 12.8. The second-order valence-corrected chi connectivity index (χ2v) is 8.54. The average molecular weight is 387 g/mol. The lowest BCUT2D eigenvalue weighted by atomic mass is 9.94. The van der Waals surface area contributed by atoms with Crippen molar-refractivity contribution < 1.29 is 13.2 Å². The third kappa shape index (κ3) is 6.90. The Morgan fingerprint density at radius 1 is 1.04 bits per heavy atom. The van der Waals surface area contributed by atoms with Crippen LogP contribution in [0.2, 0.25) is 0 Å². The number of anilines is 1. The summed E-state index contributed by atoms with van der Waals surface area (Å²) in [5.41, 5.74) is 3.56. The summed E-state index contributed by atoms with van der Waals surface area (Å²) in [5.74, 6) is -0.320. The van der Waals surface area contributed by atoms with E-state index in [0.29, 0.717) is 5.69 Å². The predicted octanol–water partition coefficient (Wildman–Crippen LogP) is 3.59. The van der Waals surface area contributed by atoms with E-state index >= 15 is 0 Å². The highest BCUT2D eigenvalue weighted by Crippen LogP contribution is 2.23. The Labute approximate surface area is 161 Å². The second-order valence-electron chi connectivity index (χ2n) is 6.70. The van der Waals surface area contributed by atoms with Crippen molar-refractivity contribution in [3.05, 3.63) is 71.8 Å². The Balaban J connectivity index is 1.95. The number of carbonyl (C=O) groups excluding carboxylic acids is 1. The minimum atomic E-state index is -3.52. The van der Waals surface area contributed by atoms with Crippen molar-refractivity contribution in [3.63, 3.8) is 0 Å². The van der Waals surface area contributed by atoms with Crippen LogP contribution < -0.4 is 10.0 Å². The summed E-state index contributed by atoms with van der Waals surface area (Å²) >= 11 is 0. The molecule has 27 heavy (non-hydrogen) atoms. The smallest absolute Gasteiger partial charge is 0.244 e. The number of para-hydroxylation sites is 1. The van der Waals surface area contributed by atoms with Crippen LogP contribution in [0.1, 0.15) is 25.0 Å². The lowest BCUT2D eigenvalue weighted by molar-refractivity contribution is -0.116. The van der Waals surface area contributed by atoms with Crippen molar-refractivity contribution >= 4 is 27.2 Å². The molecule has 0 aromatic heterocycles. The van der Waals surface area contributed by atoms with E-state index in [4.69, 9.17) is 0 Å². The fraction of sp³-hybridized carbons (Fsp3) is 0.286. The molecule has 5 nitrogen and oxygen atoms in total. The van der Waals surface area contributed by atoms with E-state index in [1.165, 1.54) is 0 Å². The zero-order chi connectivity index (χ0) is 19.9. The molecule has 0 saturated carbocycles. The molecule has 2 N–H and O–H groups in total. The van der Waals surface area contributed by atoms with Crippen molar-refractivity contribution in [2.24, 2.45) is 5.92 Å². The highest BCUT2D eigenvalue weighted by molar-refractivity contribution is 7.92. The van der Waals surface area contributed by atoms with Gasteiger partial charge >= 0.3 is 0 Å². The molecule has 0 radical (unpaired) electrons. The van der Waals surface area contributed by atoms with Crippen LogP contribution in [0.3, 0.4) is 0 Å². The molecule has 2 aromatic carbocycles. The molecule has 0 fully saturated rings. The van der Waals surface area contributed by atoms with Crippen LogP contribution in [-0.2, 0) is 14.8 Å². The lowest BCUT2D eigenvalue weighted by Crippen LogP contribution is -2.30. The molecule has 0 heterocycles. The van der Waals surface area contributed by atoms with Crippen molar-refractivity contribution in [3.8, 4) is 0 Å². The summed E-state index contributed by atoms with van der Waals surface area (Å²) < 4.78 is 26.7. The molecule has 0 atom stereocenters. The highest BCUT2D eigenvalue weighted by Gasteiger charge is 2.12. The second kappa shape index (κ2) is 9.37. The van der Waals surface area contributed by atoms with Gasteiger partial charge in [0, 0.05) is 18.3 Å². The van der Waals surface area contributed by atoms with Gasteiger partial charge in [0.15, 0.2) is 0 Å². The molecule has 0 aliphatic heterocycles. The van der Waals surface area contributed by atoms with Crippen LogP contribution in [0.4, 0.5) is 5.69 Å². The van der Waals surface area contributed by atoms with Crippen LogP contribution >= 0.6 is 0 Å². The zero-order valence-corrected chi connectivity index (χ0v) is 16.7. The van der Waals surface area contributed by atoms with Crippen molar-refractivity contribution in [1.82, 2.24) is 5.32 Å². The van der Waals surface area contributed by atoms with Gasteiger partial charge in [-0.3, -0.25) is 9.52 Å². The van der Waals surface area contributed by atoms with E-state index in [-0.39, 0.29) is 24.1 Å². The fourth-order valence-corrected chi connectivity index (χ4v) is 3.54. The number of nitrogens with one attached hydrogen (secondary N) is 2. The Hall–Kier alpha value is -2.60. The van der Waals surface area contributed by atoms with Gasteiger partial charge in [0.1, 0.15) is 0 Å². The minimum Gasteiger partial charge on any atom is -0.351 e. The Morgan fingerprint density at radius 3 is 2.26 bits per heavy atom. The van der Waals surface area contributed by atoms with Crippen LogP contribution in [-0.4, -0.2) is 26.6 Å². The van der Waals surface area contributed by atoms with E-state index in [1.54, 1.807) is 30.3 Å². The molecule has 2 aromatic rings. The van der Waals surface area contributed by atoms with Crippen molar-refractivity contribution in [1.29, 1.82) is 0 Å². The number of hydrogen-bond acceptors (Lipinski definition) is 3. The molecule has 2 rings (SSSR count). The number of allylic oxidation sites excluding steroid dienone is 1. The van der Waals surface area contributed by atoms with E-state index < -0.39 is 10.0 Å². The normalized spacial score (nSPS) is 12.1. The molecule has 1 amide bonds. The SMILES string of the molecule is Cc1ccc(/C(=C/C(=O)NCCS(=O)(=O)Nc2ccccc2)C(C)C)cc1. The number of benzene rings is 2. The molecule has 144 valence electrons. The first-order valence-corrected chi connectivity index (χ1v) is 10.5. The number of sulfonamides is 1. The Morgan fingerprint density at radius 2 is 1.67 bits per heavy atom. The summed E-state index contributed by atoms with van der Waals surface area (Å²) in [5, 5.41) is 2.66. The Bertz CT molecular complexity index is 887. The topological polar surface area (TPSA) is 75.3 Å². The zero-order valence-electron chi connectivity index (χ0n) is 15.9. The van der Waals surface area contributed by atoms with Crippen LogP contribution in [0.25, 0.3) is 5.57 Å². The summed E-state index contributed by atoms with van der Waals surface area (Å²) in [7, 11) is -3.52. The van der Waals surface area contributed by atoms with Gasteiger partial charge in [0.2, 0.25) is 15.9 Å². The largest absolute Gasteiger partial charge is 0.351 e. The summed E-state index contributed by atoms with van der Waals surface area (Å²) in [4.78, 5) is 12.2. The van der Waals surface area contributed by atoms with E-state index in [2.05, 4.69) is 10.0 Å². The molecule has 0 aliphatic carbocycles. The van der Waals surface area contributed by atoms with Gasteiger partial charge in [-0.1, -0.05) is 61.9 Å². The number of rotatable bonds is 8. The first kappa shape index (κ1) is 20.7. The maximum absolute atomic E-state index is 12.2. The standard InChI is InChI=1S/C21H26N2O3S/c1-16(2)20(18-11-9-17(3)10-12-18)15-21(24)22-13-14-27(25,26)23-19-7-5-4-6-8-19/h4-12,15-16,23H,13-14H2,1-3H3,(H,22,24)/b20-15+. The maximum atomic E-state index is 12.2. The lowest BCUT2D eigenvalue weighted by Gasteiger charge is -2.13. The van der Waals surface area contributed by atoms with Gasteiger partial charge in [-0.25, -0.2) is 8.42 Å². The van der Waals surface area contributed by atoms with E-state index in [1.807, 2.05) is 51.1 Å². The average Bonchev–Trinajstić information content (AvgIpc) is 2.60. The quantitative estimate of drug-likeness (QED) is 0.681. The molecule has 6 heteroatoms. The molecule has 0 unspecified atom stereocenters. The number of hydrogen-bond donors (Lipinski definition) is 2. The van der Waals surface area contributed by atoms with Gasteiger partial charge < -0.3 is 5.32 Å². The monoisotopic (exact) mass is 386 g/mol. The summed E-state index contributed by atoms with van der Waals surface area (Å²) in [6.45, 7) is 6.09. The Kier molecular flexibility index (Phi) is 7.19. The van der Waals surface area contributed by atoms with E-state index in [9.17, 15) is 13.2 Å². The fourth-order valence-electron chi connectivity index (χ4n) is 2.57. The highest BCUT2D eigenvalue weighted by atomic mass is 32.2. The molecule has 0 aliphatic rings. The van der Waals surface area contributed by atoms with Crippen LogP contribution in [0, 0.1) is 12.8 Å². The minimum absolute atomic E-state index is 0.0385. The van der Waals surface area contributed by atoms with Gasteiger partial charge in [0.25, 0.3) is 0 Å². The van der Waals surface area contributed by atoms with Crippen LogP contribution in [0.15, 0.2) is 60.7 Å². The maximum Gasteiger partial charge on any atom is 0.244 e. The molecule has 0 bridgehead atoms. The van der Waals surface area contributed by atoms with Crippen molar-refractivity contribution in [2.45, 2.75) is 20.8 Å². The molecular weight excluding hydrogens is 360 g/mol. The summed E-state index contributed by atoms with van der Waals surface area (Å²) in [6.07, 6.45) is 1.55. The predicted molar refractivity (Wildman–Crippen MR) is 111 cm³/mol.